The topological polar surface area (TPSA) is 67.4 Å². The molecule has 0 bridgehead atoms. The number of benzene rings is 1. The molecule has 1 aromatic rings. The van der Waals surface area contributed by atoms with E-state index in [9.17, 15) is 9.59 Å². The van der Waals surface area contributed by atoms with Crippen molar-refractivity contribution in [1.82, 2.24) is 5.32 Å². The Balaban J connectivity index is 3.05. The molecule has 114 valence electrons. The molecule has 0 aliphatic heterocycles. The molecular weight excluding hydrogens is 268 g/mol. The van der Waals surface area contributed by atoms with Crippen LogP contribution in [0.15, 0.2) is 30.9 Å². The van der Waals surface area contributed by atoms with E-state index in [2.05, 4.69) is 17.2 Å². The Morgan fingerprint density at radius 1 is 1.43 bits per heavy atom. The van der Waals surface area contributed by atoms with Crippen LogP contribution in [0.4, 0.5) is 5.69 Å². The first-order valence-electron chi connectivity index (χ1n) is 6.94. The first-order valence-corrected chi connectivity index (χ1v) is 6.94. The van der Waals surface area contributed by atoms with Gasteiger partial charge in [0.2, 0.25) is 5.91 Å². The van der Waals surface area contributed by atoms with Crippen LogP contribution in [-0.2, 0) is 4.79 Å². The van der Waals surface area contributed by atoms with Crippen LogP contribution in [0, 0.1) is 0 Å². The Morgan fingerprint density at radius 3 is 2.71 bits per heavy atom. The summed E-state index contributed by atoms with van der Waals surface area (Å²) < 4.78 is 5.49. The summed E-state index contributed by atoms with van der Waals surface area (Å²) >= 11 is 0. The van der Waals surface area contributed by atoms with Crippen LogP contribution in [0.25, 0.3) is 0 Å². The van der Waals surface area contributed by atoms with Gasteiger partial charge in [0.1, 0.15) is 12.4 Å². The van der Waals surface area contributed by atoms with Gasteiger partial charge in [0.05, 0.1) is 5.56 Å². The summed E-state index contributed by atoms with van der Waals surface area (Å²) in [5, 5.41) is 5.54. The quantitative estimate of drug-likeness (QED) is 0.759. The van der Waals surface area contributed by atoms with E-state index in [0.717, 1.165) is 6.42 Å². The smallest absolute Gasteiger partial charge is 0.255 e. The molecule has 0 heterocycles. The molecule has 1 atom stereocenters. The molecule has 21 heavy (non-hydrogen) atoms. The second-order valence-corrected chi connectivity index (χ2v) is 4.77. The maximum absolute atomic E-state index is 12.3. The second-order valence-electron chi connectivity index (χ2n) is 4.77. The van der Waals surface area contributed by atoms with Gasteiger partial charge in [0.25, 0.3) is 5.91 Å². The van der Waals surface area contributed by atoms with Crippen molar-refractivity contribution in [2.24, 2.45) is 0 Å². The molecule has 0 radical (unpaired) electrons. The fourth-order valence-electron chi connectivity index (χ4n) is 1.67. The zero-order valence-corrected chi connectivity index (χ0v) is 12.7. The molecule has 1 unspecified atom stereocenters. The van der Waals surface area contributed by atoms with Crippen molar-refractivity contribution in [2.45, 2.75) is 33.2 Å². The summed E-state index contributed by atoms with van der Waals surface area (Å²) in [7, 11) is 0. The molecule has 0 spiro atoms. The van der Waals surface area contributed by atoms with Crippen LogP contribution in [0.1, 0.15) is 37.6 Å². The van der Waals surface area contributed by atoms with E-state index < -0.39 is 0 Å². The van der Waals surface area contributed by atoms with E-state index >= 15 is 0 Å². The number of ether oxygens (including phenoxy) is 1. The van der Waals surface area contributed by atoms with Crippen LogP contribution >= 0.6 is 0 Å². The van der Waals surface area contributed by atoms with Crippen LogP contribution < -0.4 is 15.4 Å². The number of anilines is 1. The van der Waals surface area contributed by atoms with Crippen molar-refractivity contribution in [1.29, 1.82) is 0 Å². The van der Waals surface area contributed by atoms with Crippen molar-refractivity contribution in [2.75, 3.05) is 11.9 Å². The Bertz CT molecular complexity index is 526. The fraction of sp³-hybridized carbons (Fsp3) is 0.375. The molecular formula is C16H22N2O3. The number of hydrogen-bond donors (Lipinski definition) is 2. The van der Waals surface area contributed by atoms with E-state index in [1.807, 2.05) is 13.8 Å². The number of rotatable bonds is 7. The summed E-state index contributed by atoms with van der Waals surface area (Å²) in [6.45, 7) is 9.24. The van der Waals surface area contributed by atoms with E-state index in [1.54, 1.807) is 24.3 Å². The van der Waals surface area contributed by atoms with Gasteiger partial charge in [-0.25, -0.2) is 0 Å². The molecule has 0 aliphatic carbocycles. The van der Waals surface area contributed by atoms with Gasteiger partial charge >= 0.3 is 0 Å². The molecule has 5 heteroatoms. The van der Waals surface area contributed by atoms with Crippen molar-refractivity contribution in [3.63, 3.8) is 0 Å². The maximum atomic E-state index is 12.3. The number of hydrogen-bond acceptors (Lipinski definition) is 3. The van der Waals surface area contributed by atoms with Crippen LogP contribution in [0.2, 0.25) is 0 Å². The van der Waals surface area contributed by atoms with E-state index in [4.69, 9.17) is 4.74 Å². The molecule has 2 N–H and O–H groups in total. The van der Waals surface area contributed by atoms with Gasteiger partial charge in [-0.05, 0) is 31.5 Å². The number of carbonyl (C=O) groups excluding carboxylic acids is 2. The lowest BCUT2D eigenvalue weighted by molar-refractivity contribution is -0.114. The van der Waals surface area contributed by atoms with Crippen LogP contribution in [0.5, 0.6) is 5.75 Å². The van der Waals surface area contributed by atoms with Crippen molar-refractivity contribution in [3.8, 4) is 5.75 Å². The molecule has 0 aliphatic rings. The highest BCUT2D eigenvalue weighted by Gasteiger charge is 2.15. The minimum atomic E-state index is -0.226. The van der Waals surface area contributed by atoms with Gasteiger partial charge in [-0.15, -0.1) is 0 Å². The third-order valence-electron chi connectivity index (χ3n) is 2.89. The number of nitrogens with one attached hydrogen (secondary N) is 2. The maximum Gasteiger partial charge on any atom is 0.255 e. The first-order chi connectivity index (χ1) is 9.97. The van der Waals surface area contributed by atoms with E-state index in [1.165, 1.54) is 6.92 Å². The number of carbonyl (C=O) groups is 2. The van der Waals surface area contributed by atoms with Crippen molar-refractivity contribution >= 4 is 17.5 Å². The van der Waals surface area contributed by atoms with E-state index in [0.29, 0.717) is 23.6 Å². The van der Waals surface area contributed by atoms with Gasteiger partial charge in [0, 0.05) is 18.7 Å². The summed E-state index contributed by atoms with van der Waals surface area (Å²) in [6, 6.07) is 5.03. The lowest BCUT2D eigenvalue weighted by Gasteiger charge is -2.15. The predicted octanol–water partition coefficient (Wildman–Crippen LogP) is 2.74. The first kappa shape index (κ1) is 16.8. The third-order valence-corrected chi connectivity index (χ3v) is 2.89. The van der Waals surface area contributed by atoms with Gasteiger partial charge in [-0.2, -0.15) is 0 Å². The number of amides is 2. The summed E-state index contributed by atoms with van der Waals surface area (Å²) in [6.07, 6.45) is 2.44. The van der Waals surface area contributed by atoms with Crippen molar-refractivity contribution < 1.29 is 14.3 Å². The zero-order chi connectivity index (χ0) is 15.8. The zero-order valence-electron chi connectivity index (χ0n) is 12.7. The average molecular weight is 290 g/mol. The van der Waals surface area contributed by atoms with Crippen molar-refractivity contribution in [3.05, 3.63) is 36.4 Å². The van der Waals surface area contributed by atoms with Gasteiger partial charge < -0.3 is 15.4 Å². The van der Waals surface area contributed by atoms with Gasteiger partial charge in [-0.3, -0.25) is 9.59 Å². The highest BCUT2D eigenvalue weighted by atomic mass is 16.5. The molecule has 0 aromatic heterocycles. The normalized spacial score (nSPS) is 11.4. The predicted molar refractivity (Wildman–Crippen MR) is 83.7 cm³/mol. The summed E-state index contributed by atoms with van der Waals surface area (Å²) in [5.41, 5.74) is 0.950. The largest absolute Gasteiger partial charge is 0.489 e. The van der Waals surface area contributed by atoms with E-state index in [-0.39, 0.29) is 17.9 Å². The molecule has 1 rings (SSSR count). The SMILES string of the molecule is C=CCOc1ccc(NC(C)=O)cc1C(=O)NC(C)CC. The highest BCUT2D eigenvalue weighted by Crippen LogP contribution is 2.23. The Labute approximate surface area is 125 Å². The molecule has 2 amide bonds. The Hall–Kier alpha value is -2.30. The van der Waals surface area contributed by atoms with Gasteiger partial charge in [0.15, 0.2) is 0 Å². The lowest BCUT2D eigenvalue weighted by atomic mass is 10.1. The lowest BCUT2D eigenvalue weighted by Crippen LogP contribution is -2.32. The van der Waals surface area contributed by atoms with Crippen LogP contribution in [0.3, 0.4) is 0 Å². The molecule has 0 saturated carbocycles. The standard InChI is InChI=1S/C16H22N2O3/c1-5-9-21-15-8-7-13(18-12(4)19)10-14(15)16(20)17-11(3)6-2/h5,7-8,10-11H,1,6,9H2,2-4H3,(H,17,20)(H,18,19). The average Bonchev–Trinajstić information content (AvgIpc) is 2.44. The molecule has 1 aromatic carbocycles. The highest BCUT2D eigenvalue weighted by molar-refractivity contribution is 5.99. The third kappa shape index (κ3) is 5.30. The van der Waals surface area contributed by atoms with Gasteiger partial charge in [-0.1, -0.05) is 19.6 Å². The monoisotopic (exact) mass is 290 g/mol. The minimum Gasteiger partial charge on any atom is -0.489 e. The van der Waals surface area contributed by atoms with Crippen LogP contribution in [-0.4, -0.2) is 24.5 Å². The molecule has 0 fully saturated rings. The molecule has 5 nitrogen and oxygen atoms in total. The Kier molecular flexibility index (Phi) is 6.46. The Morgan fingerprint density at radius 2 is 2.14 bits per heavy atom. The second kappa shape index (κ2) is 8.09. The minimum absolute atomic E-state index is 0.0641. The summed E-state index contributed by atoms with van der Waals surface area (Å²) in [5.74, 6) is 0.0449. The molecule has 0 saturated heterocycles. The summed E-state index contributed by atoms with van der Waals surface area (Å²) in [4.78, 5) is 23.4. The fourth-order valence-corrected chi connectivity index (χ4v) is 1.67.